The van der Waals surface area contributed by atoms with Gasteiger partial charge in [-0.05, 0) is 37.5 Å². The number of hydrogen-bond donors (Lipinski definition) is 1. The number of anilines is 1. The lowest BCUT2D eigenvalue weighted by molar-refractivity contribution is -0.200. The first-order valence-electron chi connectivity index (χ1n) is 10.4. The Balaban J connectivity index is 1.44. The normalized spacial score (nSPS) is 19.9. The zero-order valence-corrected chi connectivity index (χ0v) is 17.5. The average Bonchev–Trinajstić information content (AvgIpc) is 2.74. The zero-order valence-electron chi connectivity index (χ0n) is 17.5. The highest BCUT2D eigenvalue weighted by Crippen LogP contribution is 2.25. The minimum absolute atomic E-state index is 0.261. The lowest BCUT2D eigenvalue weighted by Gasteiger charge is -2.35. The van der Waals surface area contributed by atoms with Gasteiger partial charge in [-0.1, -0.05) is 12.1 Å². The summed E-state index contributed by atoms with van der Waals surface area (Å²) in [5, 5.41) is 9.11. The van der Waals surface area contributed by atoms with Gasteiger partial charge in [-0.3, -0.25) is 9.69 Å². The largest absolute Gasteiger partial charge is 0.481 e. The Morgan fingerprint density at radius 1 is 1.06 bits per heavy atom. The first-order valence-corrected chi connectivity index (χ1v) is 10.4. The molecule has 1 unspecified atom stereocenters. The van der Waals surface area contributed by atoms with Crippen LogP contribution in [0, 0.1) is 5.92 Å². The smallest absolute Gasteiger partial charge is 0.425 e. The van der Waals surface area contributed by atoms with E-state index in [-0.39, 0.29) is 5.92 Å². The van der Waals surface area contributed by atoms with Crippen LogP contribution >= 0.6 is 0 Å². The first-order chi connectivity index (χ1) is 14.6. The van der Waals surface area contributed by atoms with E-state index < -0.39 is 24.3 Å². The van der Waals surface area contributed by atoms with Crippen LogP contribution in [0.2, 0.25) is 0 Å². The van der Waals surface area contributed by atoms with Crippen LogP contribution in [0.4, 0.5) is 23.7 Å². The number of nitrogens with zero attached hydrogens (tertiary/aromatic N) is 3. The monoisotopic (exact) mass is 443 g/mol. The lowest BCUT2D eigenvalue weighted by atomic mass is 9.96. The number of carboxylic acid groups (broad SMARTS) is 1. The molecule has 0 spiro atoms. The average molecular weight is 443 g/mol. The van der Waals surface area contributed by atoms with Gasteiger partial charge in [0.2, 0.25) is 0 Å². The Morgan fingerprint density at radius 3 is 2.16 bits per heavy atom. The van der Waals surface area contributed by atoms with Gasteiger partial charge in [0.25, 0.3) is 0 Å². The van der Waals surface area contributed by atoms with Crippen molar-refractivity contribution in [3.8, 4) is 0 Å². The molecule has 7 nitrogen and oxygen atoms in total. The molecule has 1 aromatic carbocycles. The maximum absolute atomic E-state index is 12.5. The summed E-state index contributed by atoms with van der Waals surface area (Å²) in [6.45, 7) is 4.71. The molecule has 2 saturated heterocycles. The van der Waals surface area contributed by atoms with Gasteiger partial charge in [0, 0.05) is 51.5 Å². The number of benzene rings is 1. The van der Waals surface area contributed by atoms with Gasteiger partial charge in [-0.25, -0.2) is 4.79 Å². The number of carbonyl (C=O) groups is 2. The molecule has 1 N–H and O–H groups in total. The molecule has 172 valence electrons. The van der Waals surface area contributed by atoms with Crippen molar-refractivity contribution < 1.29 is 32.6 Å². The van der Waals surface area contributed by atoms with E-state index in [4.69, 9.17) is 5.11 Å². The Kier molecular flexibility index (Phi) is 7.30. The SMILES string of the molecule is CC(OC(=O)N1CCN(Cc2ccc(N3CCC(C(=O)O)CC3)cc2)CC1)C(F)(F)F. The summed E-state index contributed by atoms with van der Waals surface area (Å²) in [7, 11) is 0. The summed E-state index contributed by atoms with van der Waals surface area (Å²) in [6, 6.07) is 8.12. The Bertz CT molecular complexity index is 756. The zero-order chi connectivity index (χ0) is 22.6. The number of halogens is 3. The van der Waals surface area contributed by atoms with E-state index in [1.54, 1.807) is 0 Å². The minimum Gasteiger partial charge on any atom is -0.481 e. The van der Waals surface area contributed by atoms with Gasteiger partial charge in [0.15, 0.2) is 6.10 Å². The summed E-state index contributed by atoms with van der Waals surface area (Å²) in [5.41, 5.74) is 2.17. The number of rotatable bonds is 5. The van der Waals surface area contributed by atoms with Gasteiger partial charge in [0.05, 0.1) is 5.92 Å². The van der Waals surface area contributed by atoms with Gasteiger partial charge in [0.1, 0.15) is 0 Å². The number of aliphatic carboxylic acids is 1. The van der Waals surface area contributed by atoms with Crippen molar-refractivity contribution >= 4 is 17.7 Å². The van der Waals surface area contributed by atoms with E-state index in [0.717, 1.165) is 31.3 Å². The highest BCUT2D eigenvalue weighted by Gasteiger charge is 2.40. The second-order valence-electron chi connectivity index (χ2n) is 8.10. The van der Waals surface area contributed by atoms with E-state index in [1.165, 1.54) is 4.90 Å². The van der Waals surface area contributed by atoms with Crippen molar-refractivity contribution in [1.29, 1.82) is 0 Å². The van der Waals surface area contributed by atoms with E-state index in [1.807, 2.05) is 24.3 Å². The van der Waals surface area contributed by atoms with Crippen molar-refractivity contribution in [2.45, 2.75) is 38.6 Å². The molecule has 0 aromatic heterocycles. The van der Waals surface area contributed by atoms with Gasteiger partial charge >= 0.3 is 18.2 Å². The molecular weight excluding hydrogens is 415 g/mol. The second kappa shape index (κ2) is 9.76. The number of ether oxygens (including phenoxy) is 1. The third kappa shape index (κ3) is 6.25. The molecule has 3 rings (SSSR count). The number of carbonyl (C=O) groups excluding carboxylic acids is 1. The molecule has 1 atom stereocenters. The van der Waals surface area contributed by atoms with Crippen LogP contribution in [0.3, 0.4) is 0 Å². The van der Waals surface area contributed by atoms with E-state index >= 15 is 0 Å². The molecule has 0 radical (unpaired) electrons. The third-order valence-corrected chi connectivity index (χ3v) is 5.92. The third-order valence-electron chi connectivity index (χ3n) is 5.92. The van der Waals surface area contributed by atoms with Crippen molar-refractivity contribution in [3.63, 3.8) is 0 Å². The fourth-order valence-corrected chi connectivity index (χ4v) is 3.84. The molecule has 31 heavy (non-hydrogen) atoms. The standard InChI is InChI=1S/C21H28F3N3O4/c1-15(21(22,23)24)31-20(30)27-12-10-25(11-13-27)14-16-2-4-18(5-3-16)26-8-6-17(7-9-26)19(28)29/h2-5,15,17H,6-14H2,1H3,(H,28,29). The predicted octanol–water partition coefficient (Wildman–Crippen LogP) is 3.19. The van der Waals surface area contributed by atoms with Crippen molar-refractivity contribution in [2.24, 2.45) is 5.92 Å². The van der Waals surface area contributed by atoms with Crippen LogP contribution in [0.25, 0.3) is 0 Å². The molecule has 0 bridgehead atoms. The topological polar surface area (TPSA) is 73.3 Å². The van der Waals surface area contributed by atoms with Crippen LogP contribution < -0.4 is 4.90 Å². The van der Waals surface area contributed by atoms with Gasteiger partial charge in [-0.2, -0.15) is 13.2 Å². The molecule has 0 saturated carbocycles. The lowest BCUT2D eigenvalue weighted by Crippen LogP contribution is -2.49. The molecule has 1 aromatic rings. The van der Waals surface area contributed by atoms with Gasteiger partial charge < -0.3 is 19.6 Å². The molecular formula is C21H28F3N3O4. The van der Waals surface area contributed by atoms with Crippen molar-refractivity contribution in [1.82, 2.24) is 9.80 Å². The van der Waals surface area contributed by atoms with Gasteiger partial charge in [-0.15, -0.1) is 0 Å². The Labute approximate surface area is 179 Å². The number of alkyl halides is 3. The molecule has 10 heteroatoms. The number of amides is 1. The molecule has 2 fully saturated rings. The number of piperazine rings is 1. The quantitative estimate of drug-likeness (QED) is 0.754. The predicted molar refractivity (Wildman–Crippen MR) is 108 cm³/mol. The molecule has 2 aliphatic heterocycles. The van der Waals surface area contributed by atoms with Crippen molar-refractivity contribution in [2.75, 3.05) is 44.2 Å². The summed E-state index contributed by atoms with van der Waals surface area (Å²) < 4.78 is 42.1. The summed E-state index contributed by atoms with van der Waals surface area (Å²) in [5.74, 6) is -0.985. The summed E-state index contributed by atoms with van der Waals surface area (Å²) in [4.78, 5) is 28.6. The Morgan fingerprint density at radius 2 is 1.65 bits per heavy atom. The highest BCUT2D eigenvalue weighted by molar-refractivity contribution is 5.70. The minimum atomic E-state index is -4.56. The van der Waals surface area contributed by atoms with E-state index in [2.05, 4.69) is 14.5 Å². The van der Waals surface area contributed by atoms with Crippen LogP contribution in [0.5, 0.6) is 0 Å². The fourth-order valence-electron chi connectivity index (χ4n) is 3.84. The summed E-state index contributed by atoms with van der Waals surface area (Å²) in [6.07, 6.45) is -6.32. The summed E-state index contributed by atoms with van der Waals surface area (Å²) >= 11 is 0. The van der Waals surface area contributed by atoms with E-state index in [0.29, 0.717) is 45.6 Å². The molecule has 0 aliphatic carbocycles. The van der Waals surface area contributed by atoms with Crippen LogP contribution in [-0.4, -0.2) is 78.5 Å². The maximum atomic E-state index is 12.5. The van der Waals surface area contributed by atoms with Crippen LogP contribution in [0.1, 0.15) is 25.3 Å². The Hall–Kier alpha value is -2.49. The maximum Gasteiger partial charge on any atom is 0.425 e. The molecule has 1 amide bonds. The second-order valence-corrected chi connectivity index (χ2v) is 8.10. The van der Waals surface area contributed by atoms with E-state index in [9.17, 15) is 22.8 Å². The molecule has 2 aliphatic rings. The molecule has 2 heterocycles. The first kappa shape index (κ1) is 23.2. The number of hydrogen-bond acceptors (Lipinski definition) is 5. The number of piperidine rings is 1. The van der Waals surface area contributed by atoms with Crippen LogP contribution in [-0.2, 0) is 16.1 Å². The highest BCUT2D eigenvalue weighted by atomic mass is 19.4. The van der Waals surface area contributed by atoms with Crippen LogP contribution in [0.15, 0.2) is 24.3 Å². The van der Waals surface area contributed by atoms with Crippen molar-refractivity contribution in [3.05, 3.63) is 29.8 Å². The fraction of sp³-hybridized carbons (Fsp3) is 0.619. The number of carboxylic acids is 1.